The first-order chi connectivity index (χ1) is 9.63. The van der Waals surface area contributed by atoms with Gasteiger partial charge >= 0.3 is 0 Å². The largest absolute Gasteiger partial charge is 0.496 e. The van der Waals surface area contributed by atoms with Gasteiger partial charge < -0.3 is 14.7 Å². The lowest BCUT2D eigenvalue weighted by Crippen LogP contribution is -2.47. The second-order valence-corrected chi connectivity index (χ2v) is 4.70. The van der Waals surface area contributed by atoms with Gasteiger partial charge in [-0.2, -0.15) is 0 Å². The summed E-state index contributed by atoms with van der Waals surface area (Å²) in [5.41, 5.74) is 0.844. The van der Waals surface area contributed by atoms with E-state index in [1.54, 1.807) is 6.07 Å². The number of rotatable bonds is 5. The molecule has 0 aromatic heterocycles. The number of hydrogen-bond donors (Lipinski definition) is 1. The summed E-state index contributed by atoms with van der Waals surface area (Å²) < 4.78 is 5.12. The van der Waals surface area contributed by atoms with Crippen LogP contribution in [0.2, 0.25) is 0 Å². The Labute approximate surface area is 117 Å². The molecule has 0 unspecified atom stereocenters. The topological polar surface area (TPSA) is 79.1 Å². The van der Waals surface area contributed by atoms with E-state index in [1.165, 1.54) is 13.2 Å². The Morgan fingerprint density at radius 3 is 2.55 bits per heavy atom. The van der Waals surface area contributed by atoms with Gasteiger partial charge in [0.2, 0.25) is 0 Å². The number of nitro benzene ring substituents is 1. The summed E-state index contributed by atoms with van der Waals surface area (Å²) in [5, 5.41) is 19.9. The molecule has 1 aliphatic rings. The van der Waals surface area contributed by atoms with Crippen LogP contribution in [-0.2, 0) is 0 Å². The van der Waals surface area contributed by atoms with Gasteiger partial charge in [-0.05, 0) is 0 Å². The molecule has 0 bridgehead atoms. The first-order valence-electron chi connectivity index (χ1n) is 6.55. The van der Waals surface area contributed by atoms with Crippen molar-refractivity contribution in [1.29, 1.82) is 0 Å². The Morgan fingerprint density at radius 2 is 2.00 bits per heavy atom. The minimum absolute atomic E-state index is 0.0390. The fourth-order valence-electron chi connectivity index (χ4n) is 2.34. The Balaban J connectivity index is 2.12. The second kappa shape index (κ2) is 6.53. The number of aliphatic hydroxyl groups is 1. The van der Waals surface area contributed by atoms with Crippen molar-refractivity contribution in [2.75, 3.05) is 51.3 Å². The number of anilines is 1. The molecule has 1 saturated heterocycles. The van der Waals surface area contributed by atoms with Crippen molar-refractivity contribution in [2.45, 2.75) is 0 Å². The predicted molar refractivity (Wildman–Crippen MR) is 75.4 cm³/mol. The minimum atomic E-state index is -0.409. The van der Waals surface area contributed by atoms with E-state index >= 15 is 0 Å². The average Bonchev–Trinajstić information content (AvgIpc) is 2.47. The molecule has 1 N–H and O–H groups in total. The van der Waals surface area contributed by atoms with Crippen LogP contribution in [0.3, 0.4) is 0 Å². The zero-order valence-electron chi connectivity index (χ0n) is 11.5. The third-order valence-electron chi connectivity index (χ3n) is 3.48. The number of nitrogens with zero attached hydrogens (tertiary/aromatic N) is 3. The number of ether oxygens (including phenoxy) is 1. The number of hydrogen-bond acceptors (Lipinski definition) is 6. The molecule has 7 heteroatoms. The third-order valence-corrected chi connectivity index (χ3v) is 3.48. The van der Waals surface area contributed by atoms with Gasteiger partial charge in [0.1, 0.15) is 5.75 Å². The highest BCUT2D eigenvalue weighted by atomic mass is 16.6. The summed E-state index contributed by atoms with van der Waals surface area (Å²) in [6.45, 7) is 4.07. The molecule has 1 aliphatic heterocycles. The minimum Gasteiger partial charge on any atom is -0.496 e. The molecule has 1 heterocycles. The smallest absolute Gasteiger partial charge is 0.275 e. The van der Waals surface area contributed by atoms with Crippen molar-refractivity contribution in [2.24, 2.45) is 0 Å². The quantitative estimate of drug-likeness (QED) is 0.633. The fourth-order valence-corrected chi connectivity index (χ4v) is 2.34. The van der Waals surface area contributed by atoms with Gasteiger partial charge in [-0.15, -0.1) is 0 Å². The summed E-state index contributed by atoms with van der Waals surface area (Å²) in [6, 6.07) is 4.81. The SMILES string of the molecule is COc1cc(N2CCN(CCO)CC2)cc([N+](=O)[O-])c1. The molecule has 0 radical (unpaired) electrons. The van der Waals surface area contributed by atoms with E-state index in [1.807, 2.05) is 6.07 Å². The van der Waals surface area contributed by atoms with E-state index in [4.69, 9.17) is 9.84 Å². The summed E-state index contributed by atoms with van der Waals surface area (Å²) in [4.78, 5) is 14.8. The number of piperazine rings is 1. The molecule has 0 spiro atoms. The number of non-ortho nitro benzene ring substituents is 1. The average molecular weight is 281 g/mol. The lowest BCUT2D eigenvalue weighted by atomic mass is 10.2. The summed E-state index contributed by atoms with van der Waals surface area (Å²) in [7, 11) is 1.50. The van der Waals surface area contributed by atoms with E-state index in [9.17, 15) is 10.1 Å². The van der Waals surface area contributed by atoms with Crippen LogP contribution in [0.1, 0.15) is 0 Å². The molecule has 0 atom stereocenters. The number of β-amino-alcohol motifs (C(OH)–C–C–N with tert-alkyl or cyclic N) is 1. The zero-order chi connectivity index (χ0) is 14.5. The van der Waals surface area contributed by atoms with E-state index in [-0.39, 0.29) is 12.3 Å². The van der Waals surface area contributed by atoms with Gasteiger partial charge in [-0.3, -0.25) is 15.0 Å². The van der Waals surface area contributed by atoms with Gasteiger partial charge in [-0.1, -0.05) is 0 Å². The van der Waals surface area contributed by atoms with Crippen molar-refractivity contribution in [3.63, 3.8) is 0 Å². The summed E-state index contributed by atoms with van der Waals surface area (Å²) >= 11 is 0. The van der Waals surface area contributed by atoms with E-state index in [2.05, 4.69) is 9.80 Å². The molecule has 7 nitrogen and oxygen atoms in total. The molecule has 0 aliphatic carbocycles. The molecule has 110 valence electrons. The van der Waals surface area contributed by atoms with Crippen molar-refractivity contribution in [3.8, 4) is 5.75 Å². The Morgan fingerprint density at radius 1 is 1.30 bits per heavy atom. The highest BCUT2D eigenvalue weighted by molar-refractivity contribution is 5.58. The number of benzene rings is 1. The summed E-state index contributed by atoms with van der Waals surface area (Å²) in [5.74, 6) is 0.493. The van der Waals surface area contributed by atoms with Crippen LogP contribution in [0, 0.1) is 10.1 Å². The Hall–Kier alpha value is -1.86. The molecule has 1 aromatic rings. The van der Waals surface area contributed by atoms with Gasteiger partial charge in [0.05, 0.1) is 24.7 Å². The molecular weight excluding hydrogens is 262 g/mol. The molecule has 2 rings (SSSR count). The summed E-state index contributed by atoms with van der Waals surface area (Å²) in [6.07, 6.45) is 0. The van der Waals surface area contributed by atoms with Crippen molar-refractivity contribution in [1.82, 2.24) is 4.90 Å². The molecule has 1 aromatic carbocycles. The van der Waals surface area contributed by atoms with Gasteiger partial charge in [0.25, 0.3) is 5.69 Å². The highest BCUT2D eigenvalue weighted by Gasteiger charge is 2.19. The van der Waals surface area contributed by atoms with Gasteiger partial charge in [0.15, 0.2) is 0 Å². The standard InChI is InChI=1S/C13H19N3O4/c1-20-13-9-11(8-12(10-13)16(18)19)15-4-2-14(3-5-15)6-7-17/h8-10,17H,2-7H2,1H3. The van der Waals surface area contributed by atoms with Crippen molar-refractivity contribution < 1.29 is 14.8 Å². The molecule has 20 heavy (non-hydrogen) atoms. The lowest BCUT2D eigenvalue weighted by molar-refractivity contribution is -0.384. The Bertz CT molecular complexity index is 473. The van der Waals surface area contributed by atoms with Crippen LogP contribution in [0.5, 0.6) is 5.75 Å². The van der Waals surface area contributed by atoms with Crippen LogP contribution >= 0.6 is 0 Å². The monoisotopic (exact) mass is 281 g/mol. The predicted octanol–water partition coefficient (Wildman–Crippen LogP) is 0.718. The van der Waals surface area contributed by atoms with Crippen LogP contribution in [0.4, 0.5) is 11.4 Å². The maximum Gasteiger partial charge on any atom is 0.275 e. The maximum atomic E-state index is 10.9. The van der Waals surface area contributed by atoms with Crippen LogP contribution in [-0.4, -0.2) is 61.4 Å². The van der Waals surface area contributed by atoms with Gasteiger partial charge in [0, 0.05) is 50.5 Å². The van der Waals surface area contributed by atoms with Gasteiger partial charge in [-0.25, -0.2) is 0 Å². The molecule has 0 saturated carbocycles. The van der Waals surface area contributed by atoms with Crippen LogP contribution < -0.4 is 9.64 Å². The lowest BCUT2D eigenvalue weighted by Gasteiger charge is -2.35. The van der Waals surface area contributed by atoms with Crippen LogP contribution in [0.15, 0.2) is 18.2 Å². The number of aliphatic hydroxyl groups excluding tert-OH is 1. The van der Waals surface area contributed by atoms with Crippen molar-refractivity contribution in [3.05, 3.63) is 28.3 Å². The highest BCUT2D eigenvalue weighted by Crippen LogP contribution is 2.28. The molecule has 0 amide bonds. The van der Waals surface area contributed by atoms with E-state index in [0.717, 1.165) is 31.9 Å². The normalized spacial score (nSPS) is 16.2. The second-order valence-electron chi connectivity index (χ2n) is 4.70. The van der Waals surface area contributed by atoms with Crippen molar-refractivity contribution >= 4 is 11.4 Å². The first kappa shape index (κ1) is 14.5. The zero-order valence-corrected chi connectivity index (χ0v) is 11.5. The Kier molecular flexibility index (Phi) is 4.75. The van der Waals surface area contributed by atoms with E-state index < -0.39 is 4.92 Å². The van der Waals surface area contributed by atoms with E-state index in [0.29, 0.717) is 12.3 Å². The number of nitro groups is 1. The molecular formula is C13H19N3O4. The van der Waals surface area contributed by atoms with Crippen LogP contribution in [0.25, 0.3) is 0 Å². The first-order valence-corrected chi connectivity index (χ1v) is 6.55. The number of methoxy groups -OCH3 is 1. The third kappa shape index (κ3) is 3.37. The fraction of sp³-hybridized carbons (Fsp3) is 0.538. The maximum absolute atomic E-state index is 10.9. The molecule has 1 fully saturated rings.